The highest BCUT2D eigenvalue weighted by molar-refractivity contribution is 7.89. The van der Waals surface area contributed by atoms with Crippen LogP contribution in [-0.4, -0.2) is 56.6 Å². The van der Waals surface area contributed by atoms with Gasteiger partial charge in [0.2, 0.25) is 21.8 Å². The molecule has 2 fully saturated rings. The third-order valence-corrected chi connectivity index (χ3v) is 7.25. The summed E-state index contributed by atoms with van der Waals surface area (Å²) < 4.78 is 67.8. The van der Waals surface area contributed by atoms with E-state index in [1.807, 2.05) is 0 Å². The lowest BCUT2D eigenvalue weighted by Crippen LogP contribution is -2.49. The summed E-state index contributed by atoms with van der Waals surface area (Å²) in [7, 11) is -4.04. The van der Waals surface area contributed by atoms with Crippen molar-refractivity contribution in [2.45, 2.75) is 49.4 Å². The van der Waals surface area contributed by atoms with Gasteiger partial charge in [-0.15, -0.1) is 13.2 Å². The summed E-state index contributed by atoms with van der Waals surface area (Å²) in [5.41, 5.74) is 0. The Morgan fingerprint density at radius 2 is 1.87 bits per heavy atom. The summed E-state index contributed by atoms with van der Waals surface area (Å²) in [6.45, 7) is 0.667. The maximum Gasteiger partial charge on any atom is 0.573 e. The molecule has 172 valence electrons. The third kappa shape index (κ3) is 6.10. The van der Waals surface area contributed by atoms with E-state index in [9.17, 15) is 31.2 Å². The molecule has 0 radical (unpaired) electrons. The molecule has 2 N–H and O–H groups in total. The molecule has 2 aliphatic heterocycles. The first kappa shape index (κ1) is 23.3. The van der Waals surface area contributed by atoms with E-state index in [1.165, 1.54) is 12.1 Å². The molecule has 1 aromatic rings. The molecule has 2 heterocycles. The van der Waals surface area contributed by atoms with E-state index in [2.05, 4.69) is 15.4 Å². The molecule has 0 saturated carbocycles. The van der Waals surface area contributed by atoms with Crippen LogP contribution in [-0.2, 0) is 19.6 Å². The number of hydrogen-bond acceptors (Lipinski definition) is 5. The van der Waals surface area contributed by atoms with Crippen molar-refractivity contribution in [3.8, 4) is 5.75 Å². The first-order chi connectivity index (χ1) is 14.6. The highest BCUT2D eigenvalue weighted by Crippen LogP contribution is 2.28. The quantitative estimate of drug-likeness (QED) is 0.693. The van der Waals surface area contributed by atoms with E-state index in [1.54, 1.807) is 0 Å². The molecule has 0 aromatic heterocycles. The van der Waals surface area contributed by atoms with Crippen LogP contribution >= 0.6 is 0 Å². The number of sulfonamides is 1. The lowest BCUT2D eigenvalue weighted by atomic mass is 9.96. The monoisotopic (exact) mass is 463 g/mol. The third-order valence-electron chi connectivity index (χ3n) is 5.35. The second kappa shape index (κ2) is 9.43. The fourth-order valence-corrected chi connectivity index (χ4v) is 5.21. The molecule has 31 heavy (non-hydrogen) atoms. The predicted octanol–water partition coefficient (Wildman–Crippen LogP) is 1.77. The molecule has 0 aliphatic carbocycles. The maximum absolute atomic E-state index is 12.8. The minimum atomic E-state index is -4.93. The number of alkyl halides is 3. The van der Waals surface area contributed by atoms with Gasteiger partial charge in [-0.3, -0.25) is 9.59 Å². The second-order valence-electron chi connectivity index (χ2n) is 7.55. The highest BCUT2D eigenvalue weighted by atomic mass is 32.2. The van der Waals surface area contributed by atoms with Gasteiger partial charge in [-0.25, -0.2) is 8.42 Å². The molecule has 8 nitrogen and oxygen atoms in total. The van der Waals surface area contributed by atoms with Crippen molar-refractivity contribution >= 4 is 21.8 Å². The minimum absolute atomic E-state index is 0.0433. The standard InChI is InChI=1S/C19H24F3N3O5S/c20-19(21,22)30-14-4-3-5-15(12-14)31(28,29)25-10-7-13(8-11-25)17(26)24-16-6-1-2-9-23-18(16)27/h3-5,12-13,16H,1-2,6-11H2,(H,23,27)(H,24,26). The van der Waals surface area contributed by atoms with E-state index >= 15 is 0 Å². The van der Waals surface area contributed by atoms with Gasteiger partial charge in [0.15, 0.2) is 0 Å². The molecule has 0 spiro atoms. The Kier molecular flexibility index (Phi) is 7.10. The average molecular weight is 463 g/mol. The molecule has 2 amide bonds. The Morgan fingerprint density at radius 3 is 2.55 bits per heavy atom. The Hall–Kier alpha value is -2.34. The smallest absolute Gasteiger partial charge is 0.406 e. The number of piperidine rings is 1. The average Bonchev–Trinajstić information content (AvgIpc) is 2.91. The minimum Gasteiger partial charge on any atom is -0.406 e. The van der Waals surface area contributed by atoms with Crippen LogP contribution in [0.3, 0.4) is 0 Å². The molecule has 1 atom stereocenters. The number of hydrogen-bond donors (Lipinski definition) is 2. The number of amides is 2. The van der Waals surface area contributed by atoms with Crippen molar-refractivity contribution in [2.75, 3.05) is 19.6 Å². The van der Waals surface area contributed by atoms with Gasteiger partial charge in [-0.1, -0.05) is 6.07 Å². The van der Waals surface area contributed by atoms with Crippen LogP contribution in [0.15, 0.2) is 29.2 Å². The van der Waals surface area contributed by atoms with E-state index < -0.39 is 34.1 Å². The van der Waals surface area contributed by atoms with Crippen molar-refractivity contribution < 1.29 is 35.9 Å². The molecule has 1 aromatic carbocycles. The lowest BCUT2D eigenvalue weighted by Gasteiger charge is -2.31. The molecule has 3 rings (SSSR count). The lowest BCUT2D eigenvalue weighted by molar-refractivity contribution is -0.274. The predicted molar refractivity (Wildman–Crippen MR) is 103 cm³/mol. The molecular weight excluding hydrogens is 439 g/mol. The van der Waals surface area contributed by atoms with Gasteiger partial charge in [0.1, 0.15) is 11.8 Å². The van der Waals surface area contributed by atoms with E-state index in [0.717, 1.165) is 29.3 Å². The second-order valence-corrected chi connectivity index (χ2v) is 9.49. The number of carbonyl (C=O) groups excluding carboxylic acids is 2. The zero-order valence-corrected chi connectivity index (χ0v) is 17.5. The van der Waals surface area contributed by atoms with Gasteiger partial charge in [0, 0.05) is 31.6 Å². The van der Waals surface area contributed by atoms with Crippen molar-refractivity contribution in [3.05, 3.63) is 24.3 Å². The van der Waals surface area contributed by atoms with Gasteiger partial charge in [0.05, 0.1) is 4.90 Å². The van der Waals surface area contributed by atoms with Gasteiger partial charge in [0.25, 0.3) is 0 Å². The van der Waals surface area contributed by atoms with Gasteiger partial charge >= 0.3 is 6.36 Å². The number of carbonyl (C=O) groups is 2. The summed E-state index contributed by atoms with van der Waals surface area (Å²) in [4.78, 5) is 24.2. The summed E-state index contributed by atoms with van der Waals surface area (Å²) in [5.74, 6) is -1.57. The number of nitrogens with zero attached hydrogens (tertiary/aromatic N) is 1. The van der Waals surface area contributed by atoms with Crippen LogP contribution in [0.4, 0.5) is 13.2 Å². The summed E-state index contributed by atoms with van der Waals surface area (Å²) in [5, 5.41) is 5.50. The van der Waals surface area contributed by atoms with E-state index in [0.29, 0.717) is 13.0 Å². The number of rotatable bonds is 5. The Morgan fingerprint density at radius 1 is 1.16 bits per heavy atom. The van der Waals surface area contributed by atoms with Crippen LogP contribution in [0, 0.1) is 5.92 Å². The Labute approximate surface area is 178 Å². The van der Waals surface area contributed by atoms with Gasteiger partial charge < -0.3 is 15.4 Å². The van der Waals surface area contributed by atoms with Crippen LogP contribution in [0.1, 0.15) is 32.1 Å². The molecule has 1 unspecified atom stereocenters. The summed E-state index contributed by atoms with van der Waals surface area (Å²) in [6, 6.07) is 3.63. The number of benzene rings is 1. The zero-order chi connectivity index (χ0) is 22.6. The van der Waals surface area contributed by atoms with Gasteiger partial charge in [-0.2, -0.15) is 4.31 Å². The van der Waals surface area contributed by atoms with Crippen LogP contribution in [0.5, 0.6) is 5.75 Å². The molecular formula is C19H24F3N3O5S. The largest absolute Gasteiger partial charge is 0.573 e. The fourth-order valence-electron chi connectivity index (χ4n) is 3.71. The first-order valence-corrected chi connectivity index (χ1v) is 11.4. The SMILES string of the molecule is O=C(NC1CCCCNC1=O)C1CCN(S(=O)(=O)c2cccc(OC(F)(F)F)c2)CC1. The Bertz CT molecular complexity index is 915. The summed E-state index contributed by atoms with van der Waals surface area (Å²) in [6.07, 6.45) is -2.21. The first-order valence-electron chi connectivity index (χ1n) is 10.0. The van der Waals surface area contributed by atoms with Crippen molar-refractivity contribution in [1.82, 2.24) is 14.9 Å². The maximum atomic E-state index is 12.8. The topological polar surface area (TPSA) is 105 Å². The van der Waals surface area contributed by atoms with E-state index in [-0.39, 0.29) is 42.6 Å². The summed E-state index contributed by atoms with van der Waals surface area (Å²) >= 11 is 0. The normalized spacial score (nSPS) is 21.8. The van der Waals surface area contributed by atoms with Crippen LogP contribution in [0.25, 0.3) is 0 Å². The van der Waals surface area contributed by atoms with Crippen molar-refractivity contribution in [3.63, 3.8) is 0 Å². The number of nitrogens with one attached hydrogen (secondary N) is 2. The van der Waals surface area contributed by atoms with Crippen LogP contribution in [0.2, 0.25) is 0 Å². The highest BCUT2D eigenvalue weighted by Gasteiger charge is 2.35. The zero-order valence-electron chi connectivity index (χ0n) is 16.7. The van der Waals surface area contributed by atoms with Gasteiger partial charge in [-0.05, 0) is 44.2 Å². The molecule has 2 aliphatic rings. The number of ether oxygens (including phenoxy) is 1. The number of halogens is 3. The van der Waals surface area contributed by atoms with Crippen molar-refractivity contribution in [2.24, 2.45) is 5.92 Å². The van der Waals surface area contributed by atoms with Crippen molar-refractivity contribution in [1.29, 1.82) is 0 Å². The fraction of sp³-hybridized carbons (Fsp3) is 0.579. The Balaban J connectivity index is 1.60. The molecule has 12 heteroatoms. The molecule has 0 bridgehead atoms. The van der Waals surface area contributed by atoms with Crippen LogP contribution < -0.4 is 15.4 Å². The van der Waals surface area contributed by atoms with E-state index in [4.69, 9.17) is 0 Å². The molecule has 2 saturated heterocycles.